The van der Waals surface area contributed by atoms with Crippen LogP contribution in [-0.2, 0) is 36.2 Å². The molecule has 0 spiro atoms. The molecule has 2 atom stereocenters. The third-order valence-corrected chi connectivity index (χ3v) is 9.89. The third kappa shape index (κ3) is 5.56. The third-order valence-electron chi connectivity index (χ3n) is 9.89. The first-order chi connectivity index (χ1) is 19.2. The molecule has 2 fully saturated rings. The van der Waals surface area contributed by atoms with Crippen LogP contribution in [0, 0.1) is 0 Å². The number of rotatable bonds is 6. The minimum atomic E-state index is -0.359. The molecule has 0 saturated carbocycles. The molecule has 2 aromatic carbocycles. The van der Waals surface area contributed by atoms with Crippen LogP contribution in [0.25, 0.3) is 0 Å². The normalized spacial score (nSPS) is 27.1. The second-order valence-corrected chi connectivity index (χ2v) is 14.0. The first-order valence-electron chi connectivity index (χ1n) is 15.1. The molecular weight excluding hydrogens is 518 g/mol. The molecule has 0 N–H and O–H groups in total. The summed E-state index contributed by atoms with van der Waals surface area (Å²) in [5.74, 6) is 1.84. The van der Waals surface area contributed by atoms with Crippen molar-refractivity contribution in [2.24, 2.45) is 0 Å². The van der Waals surface area contributed by atoms with Gasteiger partial charge in [0.05, 0.1) is 35.6 Å². The molecule has 0 aliphatic carbocycles. The van der Waals surface area contributed by atoms with Crippen molar-refractivity contribution < 1.29 is 32.8 Å². The molecule has 6 rings (SSSR count). The largest absolute Gasteiger partial charge is 0.494 e. The summed E-state index contributed by atoms with van der Waals surface area (Å²) >= 11 is 0. The molecule has 0 unspecified atom stereocenters. The fourth-order valence-corrected chi connectivity index (χ4v) is 5.75. The van der Waals surface area contributed by atoms with E-state index in [0.29, 0.717) is 13.2 Å². The van der Waals surface area contributed by atoms with E-state index in [0.717, 1.165) is 48.1 Å². The minimum absolute atomic E-state index is 0.0311. The van der Waals surface area contributed by atoms with Gasteiger partial charge in [0.25, 0.3) is 0 Å². The molecule has 0 amide bonds. The van der Waals surface area contributed by atoms with Gasteiger partial charge in [-0.05, 0) is 115 Å². The van der Waals surface area contributed by atoms with Gasteiger partial charge in [0.15, 0.2) is 0 Å². The first-order valence-corrected chi connectivity index (χ1v) is 15.1. The Morgan fingerprint density at radius 1 is 0.610 bits per heavy atom. The predicted octanol–water partition coefficient (Wildman–Crippen LogP) is 4.39. The summed E-state index contributed by atoms with van der Waals surface area (Å²) in [4.78, 5) is 0. The van der Waals surface area contributed by atoms with Crippen LogP contribution in [0.3, 0.4) is 0 Å². The Balaban J connectivity index is 0.986. The van der Waals surface area contributed by atoms with Crippen molar-refractivity contribution in [3.63, 3.8) is 0 Å². The Labute approximate surface area is 245 Å². The average molecular weight is 562 g/mol. The summed E-state index contributed by atoms with van der Waals surface area (Å²) in [7, 11) is -0.718. The van der Waals surface area contributed by atoms with Crippen molar-refractivity contribution in [2.45, 2.75) is 116 Å². The van der Waals surface area contributed by atoms with Gasteiger partial charge in [0, 0.05) is 0 Å². The molecule has 0 aromatic heterocycles. The van der Waals surface area contributed by atoms with Crippen molar-refractivity contribution >= 4 is 25.2 Å². The zero-order chi connectivity index (χ0) is 29.2. The molecule has 0 bridgehead atoms. The van der Waals surface area contributed by atoms with Crippen molar-refractivity contribution in [1.29, 1.82) is 0 Å². The van der Waals surface area contributed by atoms with Crippen molar-refractivity contribution in [1.82, 2.24) is 0 Å². The molecule has 7 nitrogen and oxygen atoms in total. The molecule has 0 radical (unpaired) electrons. The van der Waals surface area contributed by atoms with E-state index in [9.17, 15) is 0 Å². The van der Waals surface area contributed by atoms with Crippen LogP contribution in [0.5, 0.6) is 11.5 Å². The van der Waals surface area contributed by atoms with E-state index < -0.39 is 0 Å². The summed E-state index contributed by atoms with van der Waals surface area (Å²) in [5.41, 5.74) is 3.06. The summed E-state index contributed by atoms with van der Waals surface area (Å²) < 4.78 is 43.6. The maximum absolute atomic E-state index is 6.30. The van der Waals surface area contributed by atoms with E-state index >= 15 is 0 Å². The Bertz CT molecular complexity index is 1160. The SMILES string of the molecule is CC1(C)OB(c2ccc3c(c2)CC[C@H](COC[C@H]2CCc4cc(B5OC(C)(C)C(C)(C)O5)ccc4O2)O3)OC1(C)C. The lowest BCUT2D eigenvalue weighted by molar-refractivity contribution is -0.00262. The van der Waals surface area contributed by atoms with E-state index in [1.807, 2.05) is 12.1 Å². The van der Waals surface area contributed by atoms with Crippen LogP contribution in [0.15, 0.2) is 36.4 Å². The second kappa shape index (κ2) is 10.3. The van der Waals surface area contributed by atoms with E-state index in [-0.39, 0.29) is 48.8 Å². The maximum Gasteiger partial charge on any atom is 0.494 e. The zero-order valence-corrected chi connectivity index (χ0v) is 25.9. The number of aryl methyl sites for hydroxylation is 2. The number of fused-ring (bicyclic) bond motifs is 2. The van der Waals surface area contributed by atoms with Crippen molar-refractivity contribution in [3.8, 4) is 11.5 Å². The van der Waals surface area contributed by atoms with Crippen LogP contribution in [-0.4, -0.2) is 62.1 Å². The minimum Gasteiger partial charge on any atom is -0.488 e. The molecular formula is C32H44B2O7. The fourth-order valence-electron chi connectivity index (χ4n) is 5.75. The van der Waals surface area contributed by atoms with Crippen molar-refractivity contribution in [2.75, 3.05) is 13.2 Å². The van der Waals surface area contributed by atoms with Gasteiger partial charge >= 0.3 is 14.2 Å². The van der Waals surface area contributed by atoms with Gasteiger partial charge in [-0.1, -0.05) is 24.3 Å². The highest BCUT2D eigenvalue weighted by Gasteiger charge is 2.53. The predicted molar refractivity (Wildman–Crippen MR) is 161 cm³/mol. The lowest BCUT2D eigenvalue weighted by Crippen LogP contribution is -2.41. The average Bonchev–Trinajstić information content (AvgIpc) is 3.27. The number of hydrogen-bond donors (Lipinski definition) is 0. The quantitative estimate of drug-likeness (QED) is 0.485. The topological polar surface area (TPSA) is 64.6 Å². The maximum atomic E-state index is 6.30. The summed E-state index contributed by atoms with van der Waals surface area (Å²) in [6.45, 7) is 17.7. The van der Waals surface area contributed by atoms with E-state index in [2.05, 4.69) is 79.7 Å². The number of hydrogen-bond acceptors (Lipinski definition) is 7. The Morgan fingerprint density at radius 2 is 0.976 bits per heavy atom. The lowest BCUT2D eigenvalue weighted by Gasteiger charge is -2.32. The summed E-state index contributed by atoms with van der Waals surface area (Å²) in [6.07, 6.45) is 3.77. The van der Waals surface area contributed by atoms with Crippen LogP contribution >= 0.6 is 0 Å². The van der Waals surface area contributed by atoms with Crippen LogP contribution < -0.4 is 20.4 Å². The number of benzene rings is 2. The Kier molecular flexibility index (Phi) is 7.30. The molecule has 2 aromatic rings. The Morgan fingerprint density at radius 3 is 1.34 bits per heavy atom. The molecule has 2 saturated heterocycles. The molecule has 4 aliphatic heterocycles. The highest BCUT2D eigenvalue weighted by atomic mass is 16.7. The second-order valence-electron chi connectivity index (χ2n) is 14.0. The lowest BCUT2D eigenvalue weighted by atomic mass is 9.77. The smallest absolute Gasteiger partial charge is 0.488 e. The van der Waals surface area contributed by atoms with Gasteiger partial charge in [-0.25, -0.2) is 0 Å². The fraction of sp³-hybridized carbons (Fsp3) is 0.625. The summed E-state index contributed by atoms with van der Waals surface area (Å²) in [6, 6.07) is 12.5. The summed E-state index contributed by atoms with van der Waals surface area (Å²) in [5, 5.41) is 0. The zero-order valence-electron chi connectivity index (χ0n) is 25.9. The van der Waals surface area contributed by atoms with E-state index in [1.54, 1.807) is 0 Å². The van der Waals surface area contributed by atoms with Gasteiger partial charge in [0.1, 0.15) is 23.7 Å². The molecule has 9 heteroatoms. The van der Waals surface area contributed by atoms with Crippen LogP contribution in [0.4, 0.5) is 0 Å². The first kappa shape index (κ1) is 29.1. The number of ether oxygens (including phenoxy) is 3. The van der Waals surface area contributed by atoms with Gasteiger partial charge in [-0.2, -0.15) is 0 Å². The van der Waals surface area contributed by atoms with Crippen LogP contribution in [0.1, 0.15) is 79.4 Å². The van der Waals surface area contributed by atoms with Crippen LogP contribution in [0.2, 0.25) is 0 Å². The molecule has 220 valence electrons. The Hall–Kier alpha value is -2.03. The van der Waals surface area contributed by atoms with Gasteiger partial charge in [-0.3, -0.25) is 0 Å². The van der Waals surface area contributed by atoms with Crippen molar-refractivity contribution in [3.05, 3.63) is 47.5 Å². The van der Waals surface area contributed by atoms with E-state index in [4.69, 9.17) is 32.8 Å². The monoisotopic (exact) mass is 562 g/mol. The van der Waals surface area contributed by atoms with Gasteiger partial charge in [-0.15, -0.1) is 0 Å². The molecule has 41 heavy (non-hydrogen) atoms. The molecule has 4 heterocycles. The molecule has 4 aliphatic rings. The highest BCUT2D eigenvalue weighted by Crippen LogP contribution is 2.38. The highest BCUT2D eigenvalue weighted by molar-refractivity contribution is 6.62. The van der Waals surface area contributed by atoms with E-state index in [1.165, 1.54) is 11.1 Å². The van der Waals surface area contributed by atoms with Gasteiger partial charge in [0.2, 0.25) is 0 Å². The standard InChI is InChI=1S/C32H44B2O7/c1-29(2)30(3,4)39-33(38-29)23-11-15-27-21(17-23)9-13-25(36-27)19-35-20-26-14-10-22-18-24(12-16-28(22)37-26)34-40-31(5,6)32(7,8)41-34/h11-12,15-18,25-26H,9-10,13-14,19-20H2,1-8H3/t25-,26-/m1/s1. The van der Waals surface area contributed by atoms with Gasteiger partial charge < -0.3 is 32.8 Å².